The Bertz CT molecular complexity index is 710. The van der Waals surface area contributed by atoms with E-state index >= 15 is 0 Å². The molecule has 0 aliphatic carbocycles. The van der Waals surface area contributed by atoms with Crippen LogP contribution < -0.4 is 4.74 Å². The smallest absolute Gasteiger partial charge is 0.316 e. The largest absolute Gasteiger partial charge is 0.458 e. The Morgan fingerprint density at radius 1 is 1.18 bits per heavy atom. The van der Waals surface area contributed by atoms with Crippen LogP contribution in [0.2, 0.25) is 0 Å². The lowest BCUT2D eigenvalue weighted by Crippen LogP contribution is -2.47. The third-order valence-electron chi connectivity index (χ3n) is 5.70. The van der Waals surface area contributed by atoms with Crippen molar-refractivity contribution in [2.24, 2.45) is 5.92 Å². The topological polar surface area (TPSA) is 84.9 Å². The third-order valence-corrected chi connectivity index (χ3v) is 5.70. The summed E-state index contributed by atoms with van der Waals surface area (Å²) in [4.78, 5) is 36.7. The van der Waals surface area contributed by atoms with E-state index in [-0.39, 0.29) is 42.3 Å². The fourth-order valence-corrected chi connectivity index (χ4v) is 4.25. The van der Waals surface area contributed by atoms with Crippen molar-refractivity contribution < 1.29 is 23.5 Å². The second kappa shape index (κ2) is 8.38. The number of amides is 2. The maximum atomic E-state index is 13.0. The summed E-state index contributed by atoms with van der Waals surface area (Å²) in [5.41, 5.74) is 0. The highest BCUT2D eigenvalue weighted by Crippen LogP contribution is 2.27. The second-order valence-electron chi connectivity index (χ2n) is 7.64. The molecule has 1 aromatic heterocycles. The van der Waals surface area contributed by atoms with Crippen molar-refractivity contribution in [1.29, 1.82) is 0 Å². The van der Waals surface area contributed by atoms with Crippen molar-refractivity contribution in [1.82, 2.24) is 19.8 Å². The number of aromatic nitrogens is 2. The lowest BCUT2D eigenvalue weighted by atomic mass is 10.0. The Balaban J connectivity index is 1.33. The van der Waals surface area contributed by atoms with Gasteiger partial charge in [-0.1, -0.05) is 0 Å². The summed E-state index contributed by atoms with van der Waals surface area (Å²) in [6.07, 6.45) is 5.43. The molecule has 28 heavy (non-hydrogen) atoms. The molecular weight excluding hydrogens is 367 g/mol. The minimum absolute atomic E-state index is 0.0104. The lowest BCUT2D eigenvalue weighted by Gasteiger charge is -2.34. The number of hydrogen-bond acceptors (Lipinski definition) is 6. The van der Waals surface area contributed by atoms with Gasteiger partial charge in [-0.25, -0.2) is 14.4 Å². The van der Waals surface area contributed by atoms with Crippen LogP contribution in [-0.2, 0) is 14.3 Å². The van der Waals surface area contributed by atoms with Crippen LogP contribution in [0.5, 0.6) is 6.01 Å². The maximum absolute atomic E-state index is 13.0. The zero-order chi connectivity index (χ0) is 19.5. The van der Waals surface area contributed by atoms with Gasteiger partial charge in [-0.3, -0.25) is 9.59 Å². The van der Waals surface area contributed by atoms with Gasteiger partial charge in [0.15, 0.2) is 5.82 Å². The molecule has 3 aliphatic rings. The van der Waals surface area contributed by atoms with Gasteiger partial charge >= 0.3 is 6.01 Å². The van der Waals surface area contributed by atoms with E-state index in [4.69, 9.17) is 9.47 Å². The van der Waals surface area contributed by atoms with Crippen molar-refractivity contribution >= 4 is 11.8 Å². The van der Waals surface area contributed by atoms with Gasteiger partial charge in [0.25, 0.3) is 0 Å². The van der Waals surface area contributed by atoms with Crippen LogP contribution in [0, 0.1) is 11.7 Å². The molecule has 0 radical (unpaired) electrons. The van der Waals surface area contributed by atoms with Crippen molar-refractivity contribution in [3.05, 3.63) is 18.2 Å². The Morgan fingerprint density at radius 3 is 2.68 bits per heavy atom. The number of hydrogen-bond donors (Lipinski definition) is 0. The van der Waals surface area contributed by atoms with E-state index in [2.05, 4.69) is 9.97 Å². The first-order valence-corrected chi connectivity index (χ1v) is 9.90. The summed E-state index contributed by atoms with van der Waals surface area (Å²) < 4.78 is 24.0. The van der Waals surface area contributed by atoms with Gasteiger partial charge in [0.1, 0.15) is 6.10 Å². The first-order valence-electron chi connectivity index (χ1n) is 9.90. The van der Waals surface area contributed by atoms with Gasteiger partial charge in [0.05, 0.1) is 24.9 Å². The van der Waals surface area contributed by atoms with Gasteiger partial charge < -0.3 is 19.3 Å². The summed E-state index contributed by atoms with van der Waals surface area (Å²) in [5.74, 6) is -0.741. The van der Waals surface area contributed by atoms with Crippen molar-refractivity contribution in [2.45, 2.75) is 44.2 Å². The standard InChI is InChI=1S/C19H25FN4O4/c20-14-9-21-19(22-10-14)28-16-2-1-5-23(12-16)18(26)13-8-17(25)24(11-13)15-3-6-27-7-4-15/h9-10,13,15-16H,1-8,11-12H2. The quantitative estimate of drug-likeness (QED) is 0.761. The minimum Gasteiger partial charge on any atom is -0.458 e. The molecule has 9 heteroatoms. The van der Waals surface area contributed by atoms with E-state index in [0.29, 0.717) is 32.8 Å². The van der Waals surface area contributed by atoms with E-state index in [1.54, 1.807) is 4.90 Å². The molecule has 0 N–H and O–H groups in total. The number of likely N-dealkylation sites (tertiary alicyclic amines) is 2. The number of halogens is 1. The number of carbonyl (C=O) groups is 2. The van der Waals surface area contributed by atoms with Gasteiger partial charge in [-0.15, -0.1) is 0 Å². The molecule has 3 saturated heterocycles. The molecule has 1 aromatic rings. The predicted octanol–water partition coefficient (Wildman–Crippen LogP) is 1.01. The molecule has 2 amide bonds. The Morgan fingerprint density at radius 2 is 1.93 bits per heavy atom. The van der Waals surface area contributed by atoms with Crippen LogP contribution in [0.15, 0.2) is 12.4 Å². The van der Waals surface area contributed by atoms with Crippen molar-refractivity contribution in [3.8, 4) is 6.01 Å². The molecule has 0 saturated carbocycles. The highest BCUT2D eigenvalue weighted by atomic mass is 19.1. The SMILES string of the molecule is O=C(C1CC(=O)N(C2CCOCC2)C1)N1CCCC(Oc2ncc(F)cn2)C1. The van der Waals surface area contributed by atoms with Crippen LogP contribution >= 0.6 is 0 Å². The lowest BCUT2D eigenvalue weighted by molar-refractivity contribution is -0.138. The fourth-order valence-electron chi connectivity index (χ4n) is 4.25. The van der Waals surface area contributed by atoms with E-state index in [1.807, 2.05) is 4.90 Å². The number of carbonyl (C=O) groups excluding carboxylic acids is 2. The van der Waals surface area contributed by atoms with Gasteiger partial charge in [-0.05, 0) is 25.7 Å². The van der Waals surface area contributed by atoms with E-state index in [9.17, 15) is 14.0 Å². The Labute approximate surface area is 163 Å². The van der Waals surface area contributed by atoms with Crippen molar-refractivity contribution in [3.63, 3.8) is 0 Å². The summed E-state index contributed by atoms with van der Waals surface area (Å²) >= 11 is 0. The first kappa shape index (κ1) is 19.0. The average molecular weight is 392 g/mol. The Kier molecular flexibility index (Phi) is 5.70. The molecule has 4 heterocycles. The Hall–Kier alpha value is -2.29. The van der Waals surface area contributed by atoms with Gasteiger partial charge in [-0.2, -0.15) is 0 Å². The molecule has 152 valence electrons. The van der Waals surface area contributed by atoms with E-state index in [1.165, 1.54) is 0 Å². The van der Waals surface area contributed by atoms with Crippen LogP contribution in [0.4, 0.5) is 4.39 Å². The molecule has 2 unspecified atom stereocenters. The number of rotatable bonds is 4. The van der Waals surface area contributed by atoms with Gasteiger partial charge in [0.2, 0.25) is 11.8 Å². The monoisotopic (exact) mass is 392 g/mol. The van der Waals surface area contributed by atoms with Gasteiger partial charge in [0, 0.05) is 38.8 Å². The van der Waals surface area contributed by atoms with E-state index < -0.39 is 5.82 Å². The van der Waals surface area contributed by atoms with Crippen molar-refractivity contribution in [2.75, 3.05) is 32.8 Å². The number of nitrogens with zero attached hydrogens (tertiary/aromatic N) is 4. The molecule has 3 aliphatic heterocycles. The minimum atomic E-state index is -0.521. The normalized spacial score (nSPS) is 26.5. The van der Waals surface area contributed by atoms with E-state index in [0.717, 1.165) is 38.1 Å². The highest BCUT2D eigenvalue weighted by molar-refractivity contribution is 5.89. The molecule has 0 spiro atoms. The molecule has 3 fully saturated rings. The summed E-state index contributed by atoms with van der Waals surface area (Å²) in [6, 6.07) is 0.301. The van der Waals surface area contributed by atoms with Crippen LogP contribution in [0.25, 0.3) is 0 Å². The molecule has 0 bridgehead atoms. The summed E-state index contributed by atoms with van der Waals surface area (Å²) in [5, 5.41) is 0. The zero-order valence-electron chi connectivity index (χ0n) is 15.8. The number of piperidine rings is 1. The molecule has 2 atom stereocenters. The molecule has 0 aromatic carbocycles. The predicted molar refractivity (Wildman–Crippen MR) is 95.9 cm³/mol. The first-order chi connectivity index (χ1) is 13.6. The zero-order valence-corrected chi connectivity index (χ0v) is 15.8. The summed E-state index contributed by atoms with van der Waals surface area (Å²) in [7, 11) is 0. The molecule has 4 rings (SSSR count). The second-order valence-corrected chi connectivity index (χ2v) is 7.64. The summed E-state index contributed by atoms with van der Waals surface area (Å²) in [6.45, 7) is 2.92. The van der Waals surface area contributed by atoms with Crippen LogP contribution in [0.1, 0.15) is 32.1 Å². The molecule has 8 nitrogen and oxygen atoms in total. The average Bonchev–Trinajstić information content (AvgIpc) is 3.12. The van der Waals surface area contributed by atoms with Crippen LogP contribution in [-0.4, -0.2) is 76.6 Å². The third kappa shape index (κ3) is 4.24. The highest BCUT2D eigenvalue weighted by Gasteiger charge is 2.40. The fraction of sp³-hybridized carbons (Fsp3) is 0.684. The molecular formula is C19H25FN4O4. The number of ether oxygens (including phenoxy) is 2. The maximum Gasteiger partial charge on any atom is 0.316 e. The van der Waals surface area contributed by atoms with Crippen LogP contribution in [0.3, 0.4) is 0 Å².